The summed E-state index contributed by atoms with van der Waals surface area (Å²) in [7, 11) is 0. The van der Waals surface area contributed by atoms with Crippen molar-refractivity contribution in [2.24, 2.45) is 0 Å². The predicted octanol–water partition coefficient (Wildman–Crippen LogP) is 6.52. The monoisotopic (exact) mass is 569 g/mol. The second-order valence-electron chi connectivity index (χ2n) is 7.84. The van der Waals surface area contributed by atoms with Crippen LogP contribution in [0.5, 0.6) is 0 Å². The van der Waals surface area contributed by atoms with E-state index in [0.717, 1.165) is 0 Å². The van der Waals surface area contributed by atoms with Gasteiger partial charge < -0.3 is 9.64 Å². The number of anilines is 2. The van der Waals surface area contributed by atoms with Crippen molar-refractivity contribution in [3.05, 3.63) is 94.6 Å². The molecule has 39 heavy (non-hydrogen) atoms. The number of ether oxygens (including phenoxy) is 1. The molecule has 0 radical (unpaired) electrons. The molecule has 0 bridgehead atoms. The highest BCUT2D eigenvalue weighted by Crippen LogP contribution is 2.28. The molecule has 3 aromatic rings. The standard InChI is InChI=1S/C24H17F10N3O2/c25-14-10-16(20(29)22(31)18(14)27)36(33)8-6-35(24(38)39-12-13-4-2-1-3-5-13)7-9-37(34)17-11-15(26)19(28)23(32)21(17)30/h1-5,10-11H,6-9,12H2. The zero-order valence-electron chi connectivity index (χ0n) is 19.5. The molecule has 0 saturated carbocycles. The molecule has 0 saturated heterocycles. The largest absolute Gasteiger partial charge is 0.445 e. The molecule has 0 atom stereocenters. The molecule has 5 nitrogen and oxygen atoms in total. The van der Waals surface area contributed by atoms with Crippen LogP contribution >= 0.6 is 0 Å². The van der Waals surface area contributed by atoms with Crippen molar-refractivity contribution in [2.45, 2.75) is 6.61 Å². The van der Waals surface area contributed by atoms with Crippen LogP contribution < -0.4 is 10.2 Å². The first-order valence-corrected chi connectivity index (χ1v) is 10.9. The predicted molar refractivity (Wildman–Crippen MR) is 118 cm³/mol. The Morgan fingerprint density at radius 2 is 1.05 bits per heavy atom. The highest BCUT2D eigenvalue weighted by atomic mass is 19.2. The summed E-state index contributed by atoms with van der Waals surface area (Å²) in [5.74, 6) is -16.9. The van der Waals surface area contributed by atoms with Crippen molar-refractivity contribution in [1.82, 2.24) is 4.90 Å². The van der Waals surface area contributed by atoms with E-state index in [9.17, 15) is 48.9 Å². The van der Waals surface area contributed by atoms with E-state index >= 15 is 0 Å². The second-order valence-corrected chi connectivity index (χ2v) is 7.84. The molecule has 0 N–H and O–H groups in total. The van der Waals surface area contributed by atoms with Crippen LogP contribution in [0.15, 0.2) is 42.5 Å². The van der Waals surface area contributed by atoms with Crippen molar-refractivity contribution >= 4 is 17.5 Å². The van der Waals surface area contributed by atoms with Gasteiger partial charge in [0.25, 0.3) is 0 Å². The molecule has 0 spiro atoms. The third kappa shape index (κ3) is 6.83. The van der Waals surface area contributed by atoms with Crippen molar-refractivity contribution < 1.29 is 53.6 Å². The average molecular weight is 569 g/mol. The summed E-state index contributed by atoms with van der Waals surface area (Å²) in [6.45, 7) is -3.88. The van der Waals surface area contributed by atoms with E-state index in [1.165, 1.54) is 0 Å². The quantitative estimate of drug-likeness (QED) is 0.121. The first kappa shape index (κ1) is 29.4. The van der Waals surface area contributed by atoms with E-state index in [1.807, 2.05) is 0 Å². The maximum absolute atomic E-state index is 14.5. The van der Waals surface area contributed by atoms with Gasteiger partial charge in [-0.2, -0.15) is 0 Å². The third-order valence-corrected chi connectivity index (χ3v) is 5.29. The summed E-state index contributed by atoms with van der Waals surface area (Å²) in [5, 5.41) is -1.12. The fraction of sp³-hybridized carbons (Fsp3) is 0.208. The Bertz CT molecular complexity index is 1260. The topological polar surface area (TPSA) is 36.0 Å². The summed E-state index contributed by atoms with van der Waals surface area (Å²) >= 11 is 0. The number of amides is 1. The molecule has 0 heterocycles. The summed E-state index contributed by atoms with van der Waals surface area (Å²) in [6, 6.07) is 8.10. The smallest absolute Gasteiger partial charge is 0.410 e. The normalized spacial score (nSPS) is 10.9. The molecule has 210 valence electrons. The number of carbonyl (C=O) groups excluding carboxylic acids is 1. The van der Waals surface area contributed by atoms with Gasteiger partial charge in [-0.15, -0.1) is 0 Å². The molecule has 3 rings (SSSR count). The Kier molecular flexibility index (Phi) is 9.48. The maximum atomic E-state index is 14.5. The number of carbonyl (C=O) groups is 1. The third-order valence-electron chi connectivity index (χ3n) is 5.29. The average Bonchev–Trinajstić information content (AvgIpc) is 2.93. The number of nitrogens with zero attached hydrogens (tertiary/aromatic N) is 3. The Labute approximate surface area is 214 Å². The van der Waals surface area contributed by atoms with Gasteiger partial charge in [0.1, 0.15) is 18.0 Å². The summed E-state index contributed by atoms with van der Waals surface area (Å²) < 4.78 is 142. The molecule has 0 unspecified atom stereocenters. The van der Waals surface area contributed by atoms with Gasteiger partial charge in [-0.05, 0) is 5.56 Å². The first-order valence-electron chi connectivity index (χ1n) is 10.9. The number of hydrogen-bond donors (Lipinski definition) is 0. The lowest BCUT2D eigenvalue weighted by molar-refractivity contribution is 0.0959. The Hall–Kier alpha value is -4.17. The van der Waals surface area contributed by atoms with Crippen LogP contribution in [0.3, 0.4) is 0 Å². The lowest BCUT2D eigenvalue weighted by Crippen LogP contribution is -2.41. The van der Waals surface area contributed by atoms with Gasteiger partial charge >= 0.3 is 6.09 Å². The first-order chi connectivity index (χ1) is 18.4. The molecule has 0 aliphatic rings. The van der Waals surface area contributed by atoms with Crippen LogP contribution in [-0.2, 0) is 11.3 Å². The summed E-state index contributed by atoms with van der Waals surface area (Å²) in [4.78, 5) is 13.2. The van der Waals surface area contributed by atoms with Crippen molar-refractivity contribution in [3.63, 3.8) is 0 Å². The highest BCUT2D eigenvalue weighted by molar-refractivity contribution is 5.68. The van der Waals surface area contributed by atoms with Gasteiger partial charge in [0.05, 0.1) is 13.1 Å². The van der Waals surface area contributed by atoms with Crippen LogP contribution in [0.1, 0.15) is 5.56 Å². The maximum Gasteiger partial charge on any atom is 0.410 e. The van der Waals surface area contributed by atoms with Gasteiger partial charge in [-0.1, -0.05) is 39.3 Å². The van der Waals surface area contributed by atoms with Crippen LogP contribution in [0.25, 0.3) is 0 Å². The zero-order valence-corrected chi connectivity index (χ0v) is 19.5. The molecular formula is C24H17F10N3O2. The number of halogens is 10. The van der Waals surface area contributed by atoms with E-state index in [2.05, 4.69) is 0 Å². The minimum Gasteiger partial charge on any atom is -0.445 e. The zero-order chi connectivity index (χ0) is 28.9. The Morgan fingerprint density at radius 1 is 0.615 bits per heavy atom. The number of hydrogen-bond acceptors (Lipinski definition) is 4. The molecular weight excluding hydrogens is 552 g/mol. The summed E-state index contributed by atoms with van der Waals surface area (Å²) in [5.41, 5.74) is -2.20. The molecule has 0 aliphatic heterocycles. The van der Waals surface area contributed by atoms with E-state index in [-0.39, 0.29) is 18.7 Å². The second kappa shape index (κ2) is 12.6. The summed E-state index contributed by atoms with van der Waals surface area (Å²) in [6.07, 6.45) is -1.21. The van der Waals surface area contributed by atoms with E-state index in [4.69, 9.17) is 4.74 Å². The lowest BCUT2D eigenvalue weighted by atomic mass is 10.2. The SMILES string of the molecule is O=C(OCc1ccccc1)N(CCN(F)c1cc(F)c(F)c(F)c1F)CCN(F)c1cc(F)c(F)c(F)c1F. The molecule has 0 fully saturated rings. The van der Waals surface area contributed by atoms with Crippen molar-refractivity contribution in [1.29, 1.82) is 0 Å². The lowest BCUT2D eigenvalue weighted by Gasteiger charge is -2.26. The molecule has 0 aliphatic carbocycles. The van der Waals surface area contributed by atoms with Gasteiger partial charge in [-0.25, -0.2) is 50.2 Å². The van der Waals surface area contributed by atoms with Crippen LogP contribution in [0, 0.1) is 46.5 Å². The highest BCUT2D eigenvalue weighted by Gasteiger charge is 2.26. The fourth-order valence-corrected chi connectivity index (χ4v) is 3.24. The molecule has 1 amide bonds. The van der Waals surface area contributed by atoms with E-state index in [0.29, 0.717) is 10.5 Å². The van der Waals surface area contributed by atoms with Gasteiger partial charge in [0, 0.05) is 25.2 Å². The number of benzene rings is 3. The van der Waals surface area contributed by atoms with Gasteiger partial charge in [0.2, 0.25) is 0 Å². The Morgan fingerprint density at radius 3 is 1.49 bits per heavy atom. The van der Waals surface area contributed by atoms with Crippen LogP contribution in [0.4, 0.5) is 60.3 Å². The molecule has 3 aromatic carbocycles. The fourth-order valence-electron chi connectivity index (χ4n) is 3.24. The van der Waals surface area contributed by atoms with E-state index < -0.39 is 100 Å². The molecule has 0 aromatic heterocycles. The Balaban J connectivity index is 1.75. The molecule has 15 heteroatoms. The minimum absolute atomic E-state index is 0.0233. The minimum atomic E-state index is -2.29. The van der Waals surface area contributed by atoms with Crippen LogP contribution in [0.2, 0.25) is 0 Å². The number of rotatable bonds is 10. The van der Waals surface area contributed by atoms with E-state index in [1.54, 1.807) is 30.3 Å². The van der Waals surface area contributed by atoms with Crippen molar-refractivity contribution in [2.75, 3.05) is 36.4 Å². The van der Waals surface area contributed by atoms with Crippen molar-refractivity contribution in [3.8, 4) is 0 Å². The van der Waals surface area contributed by atoms with Gasteiger partial charge in [0.15, 0.2) is 46.5 Å². The van der Waals surface area contributed by atoms with Crippen LogP contribution in [-0.4, -0.2) is 37.2 Å². The van der Waals surface area contributed by atoms with Gasteiger partial charge in [-0.3, -0.25) is 0 Å².